The molecule has 1 atom stereocenters. The largest absolute Gasteiger partial charge is 0.494 e. The van der Waals surface area contributed by atoms with Gasteiger partial charge in [-0.2, -0.15) is 0 Å². The van der Waals surface area contributed by atoms with Crippen molar-refractivity contribution in [1.29, 1.82) is 0 Å². The molecular formula is C20H23NO5S. The van der Waals surface area contributed by atoms with Crippen LogP contribution >= 0.6 is 0 Å². The van der Waals surface area contributed by atoms with Gasteiger partial charge in [-0.1, -0.05) is 12.1 Å². The van der Waals surface area contributed by atoms with Crippen molar-refractivity contribution < 1.29 is 22.7 Å². The normalized spacial score (nSPS) is 15.9. The van der Waals surface area contributed by atoms with Crippen LogP contribution in [0.3, 0.4) is 0 Å². The molecule has 27 heavy (non-hydrogen) atoms. The van der Waals surface area contributed by atoms with E-state index in [9.17, 15) is 13.2 Å². The molecule has 0 radical (unpaired) electrons. The molecule has 7 heteroatoms. The lowest BCUT2D eigenvalue weighted by Gasteiger charge is -2.14. The molecule has 6 nitrogen and oxygen atoms in total. The molecule has 2 aromatic carbocycles. The molecule has 1 aliphatic rings. The lowest BCUT2D eigenvalue weighted by atomic mass is 10.1. The first kappa shape index (κ1) is 19.4. The Balaban J connectivity index is 1.84. The molecule has 1 N–H and O–H groups in total. The molecule has 0 unspecified atom stereocenters. The molecule has 0 saturated heterocycles. The van der Waals surface area contributed by atoms with Gasteiger partial charge in [0.05, 0.1) is 11.5 Å². The van der Waals surface area contributed by atoms with Crippen LogP contribution in [0.5, 0.6) is 11.5 Å². The van der Waals surface area contributed by atoms with Gasteiger partial charge in [0, 0.05) is 29.7 Å². The van der Waals surface area contributed by atoms with Gasteiger partial charge in [0.1, 0.15) is 17.6 Å². The first-order valence-electron chi connectivity index (χ1n) is 8.86. The van der Waals surface area contributed by atoms with Crippen molar-refractivity contribution in [1.82, 2.24) is 4.72 Å². The van der Waals surface area contributed by atoms with Crippen LogP contribution in [-0.2, 0) is 23.0 Å². The quantitative estimate of drug-likeness (QED) is 0.736. The van der Waals surface area contributed by atoms with E-state index in [1.165, 1.54) is 19.1 Å². The Labute approximate surface area is 159 Å². The molecule has 0 aliphatic carbocycles. The molecule has 144 valence electrons. The van der Waals surface area contributed by atoms with Crippen molar-refractivity contribution >= 4 is 15.8 Å². The number of ether oxygens (including phenoxy) is 2. The summed E-state index contributed by atoms with van der Waals surface area (Å²) in [5.41, 5.74) is 2.12. The summed E-state index contributed by atoms with van der Waals surface area (Å²) in [7, 11) is -3.77. The van der Waals surface area contributed by atoms with Crippen molar-refractivity contribution in [3.05, 3.63) is 53.1 Å². The Morgan fingerprint density at radius 3 is 2.78 bits per heavy atom. The number of rotatable bonds is 7. The van der Waals surface area contributed by atoms with E-state index in [-0.39, 0.29) is 23.3 Å². The van der Waals surface area contributed by atoms with Crippen LogP contribution < -0.4 is 14.2 Å². The number of carbonyl (C=O) groups is 1. The number of fused-ring (bicyclic) bond motifs is 1. The molecule has 0 bridgehead atoms. The van der Waals surface area contributed by atoms with Gasteiger partial charge in [-0.3, -0.25) is 4.79 Å². The van der Waals surface area contributed by atoms with Crippen LogP contribution in [0.2, 0.25) is 0 Å². The highest BCUT2D eigenvalue weighted by molar-refractivity contribution is 7.89. The Hall–Kier alpha value is -2.38. The fourth-order valence-electron chi connectivity index (χ4n) is 3.05. The summed E-state index contributed by atoms with van der Waals surface area (Å²) >= 11 is 0. The maximum atomic E-state index is 12.6. The lowest BCUT2D eigenvalue weighted by Crippen LogP contribution is -2.24. The van der Waals surface area contributed by atoms with Crippen LogP contribution in [0, 0.1) is 0 Å². The zero-order chi connectivity index (χ0) is 19.6. The Bertz CT molecular complexity index is 968. The van der Waals surface area contributed by atoms with Gasteiger partial charge in [-0.15, -0.1) is 0 Å². The van der Waals surface area contributed by atoms with Crippen molar-refractivity contribution in [2.45, 2.75) is 44.7 Å². The van der Waals surface area contributed by atoms with Crippen LogP contribution in [0.1, 0.15) is 42.3 Å². The fourth-order valence-corrected chi connectivity index (χ4v) is 4.10. The minimum absolute atomic E-state index is 0.0548. The standard InChI is InChI=1S/C20H23NO5S/c1-4-25-19-10-16-8-13(2)26-20(16)11-17(19)12-21-27(23,24)18-7-5-6-15(9-18)14(3)22/h5-7,9-11,13,21H,4,8,12H2,1-3H3/t13-/m1/s1. The van der Waals surface area contributed by atoms with Crippen molar-refractivity contribution in [3.63, 3.8) is 0 Å². The first-order chi connectivity index (χ1) is 12.8. The van der Waals surface area contributed by atoms with Gasteiger partial charge in [0.25, 0.3) is 0 Å². The van der Waals surface area contributed by atoms with Gasteiger partial charge in [0.2, 0.25) is 10.0 Å². The van der Waals surface area contributed by atoms with E-state index in [0.717, 1.165) is 17.7 Å². The van der Waals surface area contributed by atoms with E-state index in [1.54, 1.807) is 12.1 Å². The van der Waals surface area contributed by atoms with Crippen molar-refractivity contribution in [2.75, 3.05) is 6.61 Å². The highest BCUT2D eigenvalue weighted by Crippen LogP contribution is 2.35. The third-order valence-electron chi connectivity index (χ3n) is 4.38. The number of Topliss-reactive ketones (excluding diaryl/α,β-unsaturated/α-hetero) is 1. The molecule has 0 amide bonds. The third kappa shape index (κ3) is 4.31. The highest BCUT2D eigenvalue weighted by atomic mass is 32.2. The molecule has 0 saturated carbocycles. The molecule has 2 aromatic rings. The average Bonchev–Trinajstić information content (AvgIpc) is 2.99. The van der Waals surface area contributed by atoms with Crippen molar-refractivity contribution in [2.24, 2.45) is 0 Å². The SMILES string of the molecule is CCOc1cc2c(cc1CNS(=O)(=O)c1cccc(C(C)=O)c1)O[C@H](C)C2. The Morgan fingerprint density at radius 2 is 2.07 bits per heavy atom. The molecular weight excluding hydrogens is 366 g/mol. The van der Waals surface area contributed by atoms with Crippen LogP contribution in [-0.4, -0.2) is 26.9 Å². The van der Waals surface area contributed by atoms with Gasteiger partial charge in [0.15, 0.2) is 5.78 Å². The van der Waals surface area contributed by atoms with E-state index in [1.807, 2.05) is 26.0 Å². The van der Waals surface area contributed by atoms with Crippen molar-refractivity contribution in [3.8, 4) is 11.5 Å². The summed E-state index contributed by atoms with van der Waals surface area (Å²) in [6.45, 7) is 5.82. The number of nitrogens with one attached hydrogen (secondary N) is 1. The third-order valence-corrected chi connectivity index (χ3v) is 5.78. The van der Waals surface area contributed by atoms with Gasteiger partial charge in [-0.25, -0.2) is 13.1 Å². The monoisotopic (exact) mass is 389 g/mol. The zero-order valence-electron chi connectivity index (χ0n) is 15.6. The molecule has 0 aromatic heterocycles. The number of carbonyl (C=O) groups excluding carboxylic acids is 1. The number of hydrogen-bond donors (Lipinski definition) is 1. The lowest BCUT2D eigenvalue weighted by molar-refractivity contribution is 0.101. The second kappa shape index (κ2) is 7.70. The van der Waals surface area contributed by atoms with Crippen LogP contribution in [0.15, 0.2) is 41.3 Å². The topological polar surface area (TPSA) is 81.7 Å². The maximum Gasteiger partial charge on any atom is 0.240 e. The minimum Gasteiger partial charge on any atom is -0.494 e. The summed E-state index contributed by atoms with van der Waals surface area (Å²) < 4.78 is 39.3. The molecule has 3 rings (SSSR count). The minimum atomic E-state index is -3.77. The Kier molecular flexibility index (Phi) is 5.53. The predicted molar refractivity (Wildman–Crippen MR) is 102 cm³/mol. The van der Waals surface area contributed by atoms with Crippen LogP contribution in [0.4, 0.5) is 0 Å². The summed E-state index contributed by atoms with van der Waals surface area (Å²) in [5.74, 6) is 1.23. The smallest absolute Gasteiger partial charge is 0.240 e. The van der Waals surface area contributed by atoms with E-state index in [0.29, 0.717) is 23.5 Å². The van der Waals surface area contributed by atoms with Crippen LogP contribution in [0.25, 0.3) is 0 Å². The van der Waals surface area contributed by atoms with E-state index >= 15 is 0 Å². The molecule has 1 aliphatic heterocycles. The number of hydrogen-bond acceptors (Lipinski definition) is 5. The molecule has 0 fully saturated rings. The average molecular weight is 389 g/mol. The zero-order valence-corrected chi connectivity index (χ0v) is 16.4. The second-order valence-electron chi connectivity index (χ2n) is 6.54. The molecule has 1 heterocycles. The maximum absolute atomic E-state index is 12.6. The van der Waals surface area contributed by atoms with E-state index < -0.39 is 10.0 Å². The summed E-state index contributed by atoms with van der Waals surface area (Å²) in [5, 5.41) is 0. The highest BCUT2D eigenvalue weighted by Gasteiger charge is 2.23. The Morgan fingerprint density at radius 1 is 1.30 bits per heavy atom. The summed E-state index contributed by atoms with van der Waals surface area (Å²) in [6, 6.07) is 9.74. The van der Waals surface area contributed by atoms with E-state index in [4.69, 9.17) is 9.47 Å². The van der Waals surface area contributed by atoms with E-state index in [2.05, 4.69) is 4.72 Å². The summed E-state index contributed by atoms with van der Waals surface area (Å²) in [6.07, 6.45) is 0.898. The number of benzene rings is 2. The number of ketones is 1. The predicted octanol–water partition coefficient (Wildman–Crippen LogP) is 3.09. The number of sulfonamides is 1. The molecule has 0 spiro atoms. The summed E-state index contributed by atoms with van der Waals surface area (Å²) in [4.78, 5) is 11.6. The second-order valence-corrected chi connectivity index (χ2v) is 8.31. The first-order valence-corrected chi connectivity index (χ1v) is 10.3. The van der Waals surface area contributed by atoms with Gasteiger partial charge in [-0.05, 0) is 45.0 Å². The fraction of sp³-hybridized carbons (Fsp3) is 0.350. The van der Waals surface area contributed by atoms with Gasteiger partial charge >= 0.3 is 0 Å². The van der Waals surface area contributed by atoms with Gasteiger partial charge < -0.3 is 9.47 Å².